The predicted molar refractivity (Wildman–Crippen MR) is 38.5 cm³/mol. The summed E-state index contributed by atoms with van der Waals surface area (Å²) in [6, 6.07) is 1.91. The van der Waals surface area contributed by atoms with Crippen LogP contribution in [-0.4, -0.2) is 14.6 Å². The van der Waals surface area contributed by atoms with Crippen LogP contribution >= 0.6 is 11.5 Å². The van der Waals surface area contributed by atoms with Crippen molar-refractivity contribution in [1.29, 1.82) is 0 Å². The Balaban J connectivity index is 2.48. The van der Waals surface area contributed by atoms with E-state index in [1.807, 2.05) is 17.6 Å². The van der Waals surface area contributed by atoms with E-state index in [0.717, 1.165) is 11.3 Å². The molecule has 0 amide bonds. The van der Waals surface area contributed by atoms with Crippen LogP contribution in [0.5, 0.6) is 0 Å². The molecule has 0 bridgehead atoms. The van der Waals surface area contributed by atoms with Gasteiger partial charge in [-0.1, -0.05) is 4.49 Å². The van der Waals surface area contributed by atoms with Crippen molar-refractivity contribution < 1.29 is 0 Å². The number of rotatable bonds is 1. The molecule has 2 heterocycles. The summed E-state index contributed by atoms with van der Waals surface area (Å²) in [5.41, 5.74) is 1.85. The maximum absolute atomic E-state index is 3.88. The van der Waals surface area contributed by atoms with Gasteiger partial charge in [0, 0.05) is 17.1 Å². The molecule has 0 saturated carbocycles. The van der Waals surface area contributed by atoms with Gasteiger partial charge in [-0.15, -0.1) is 5.10 Å². The zero-order valence-electron chi connectivity index (χ0n) is 5.03. The first kappa shape index (κ1) is 5.61. The maximum atomic E-state index is 3.88. The van der Waals surface area contributed by atoms with Crippen molar-refractivity contribution in [3.8, 4) is 11.3 Å². The molecule has 1 N–H and O–H groups in total. The third-order valence-corrected chi connectivity index (χ3v) is 1.68. The van der Waals surface area contributed by atoms with Gasteiger partial charge in [0.15, 0.2) is 0 Å². The van der Waals surface area contributed by atoms with Crippen LogP contribution in [0.1, 0.15) is 0 Å². The second-order valence-corrected chi connectivity index (χ2v) is 2.42. The van der Waals surface area contributed by atoms with Gasteiger partial charge in [0.25, 0.3) is 0 Å². The normalized spacial score (nSPS) is 10.0. The maximum Gasteiger partial charge on any atom is 0.108 e. The number of aromatic nitrogens is 3. The first-order valence-electron chi connectivity index (χ1n) is 2.79. The van der Waals surface area contributed by atoms with Crippen LogP contribution in [0, 0.1) is 6.20 Å². The molecule has 0 fully saturated rings. The molecule has 0 unspecified atom stereocenters. The molecule has 2 aromatic heterocycles. The van der Waals surface area contributed by atoms with E-state index in [1.165, 1.54) is 11.5 Å². The molecule has 0 spiro atoms. The molecule has 0 aliphatic rings. The van der Waals surface area contributed by atoms with Gasteiger partial charge in [0.05, 0.1) is 6.20 Å². The van der Waals surface area contributed by atoms with Crippen LogP contribution in [0.3, 0.4) is 0 Å². The highest BCUT2D eigenvalue weighted by Gasteiger charge is 1.98. The Morgan fingerprint density at radius 1 is 1.60 bits per heavy atom. The number of nitrogens with one attached hydrogen (secondary N) is 1. The molecule has 4 heteroatoms. The topological polar surface area (TPSA) is 41.6 Å². The van der Waals surface area contributed by atoms with E-state index in [9.17, 15) is 0 Å². The molecular weight excluding hydrogens is 146 g/mol. The van der Waals surface area contributed by atoms with E-state index in [0.29, 0.717) is 0 Å². The molecular formula is C6H4N3S. The summed E-state index contributed by atoms with van der Waals surface area (Å²) in [5, 5.41) is 5.76. The van der Waals surface area contributed by atoms with Crippen LogP contribution in [0.4, 0.5) is 0 Å². The van der Waals surface area contributed by atoms with Gasteiger partial charge < -0.3 is 4.98 Å². The van der Waals surface area contributed by atoms with Crippen molar-refractivity contribution in [3.05, 3.63) is 23.8 Å². The lowest BCUT2D eigenvalue weighted by atomic mass is 10.3. The number of hydrogen-bond acceptors (Lipinski definition) is 3. The third kappa shape index (κ3) is 0.823. The summed E-state index contributed by atoms with van der Waals surface area (Å²) in [4.78, 5) is 2.83. The molecule has 0 aromatic carbocycles. The lowest BCUT2D eigenvalue weighted by Gasteiger charge is -1.81. The first-order chi connectivity index (χ1) is 4.97. The van der Waals surface area contributed by atoms with E-state index in [4.69, 9.17) is 0 Å². The lowest BCUT2D eigenvalue weighted by molar-refractivity contribution is 1.16. The average molecular weight is 150 g/mol. The van der Waals surface area contributed by atoms with Crippen molar-refractivity contribution in [2.75, 3.05) is 0 Å². The molecule has 1 radical (unpaired) electrons. The third-order valence-electron chi connectivity index (χ3n) is 1.18. The van der Waals surface area contributed by atoms with Crippen molar-refractivity contribution in [2.45, 2.75) is 0 Å². The molecule has 2 aromatic rings. The average Bonchev–Trinajstić information content (AvgIpc) is 2.59. The SMILES string of the molecule is [c]1[nH]ccc1-c1csnn1. The fourth-order valence-corrected chi connectivity index (χ4v) is 1.17. The van der Waals surface area contributed by atoms with Gasteiger partial charge in [-0.05, 0) is 17.6 Å². The second kappa shape index (κ2) is 2.22. The van der Waals surface area contributed by atoms with Crippen LogP contribution in [0.2, 0.25) is 0 Å². The minimum absolute atomic E-state index is 0.881. The number of H-pyrrole nitrogens is 1. The van der Waals surface area contributed by atoms with Gasteiger partial charge in [0.1, 0.15) is 5.69 Å². The predicted octanol–water partition coefficient (Wildman–Crippen LogP) is 1.33. The Labute approximate surface area is 61.9 Å². The van der Waals surface area contributed by atoms with Crippen molar-refractivity contribution in [3.63, 3.8) is 0 Å². The van der Waals surface area contributed by atoms with Crippen LogP contribution in [0.25, 0.3) is 11.3 Å². The minimum atomic E-state index is 0.881. The Morgan fingerprint density at radius 2 is 2.60 bits per heavy atom. The van der Waals surface area contributed by atoms with Crippen LogP contribution in [0.15, 0.2) is 17.6 Å². The zero-order valence-corrected chi connectivity index (χ0v) is 5.85. The van der Waals surface area contributed by atoms with Crippen molar-refractivity contribution in [2.24, 2.45) is 0 Å². The van der Waals surface area contributed by atoms with Crippen molar-refractivity contribution >= 4 is 11.5 Å². The number of nitrogens with zero attached hydrogens (tertiary/aromatic N) is 2. The van der Waals surface area contributed by atoms with Crippen molar-refractivity contribution in [1.82, 2.24) is 14.6 Å². The molecule has 3 nitrogen and oxygen atoms in total. The summed E-state index contributed by atoms with van der Waals surface area (Å²) >= 11 is 1.34. The largest absolute Gasteiger partial charge is 0.359 e. The van der Waals surface area contributed by atoms with Gasteiger partial charge >= 0.3 is 0 Å². The summed E-state index contributed by atoms with van der Waals surface area (Å²) < 4.78 is 3.74. The standard InChI is InChI=1S/C6H4N3S/c1-2-7-3-5(1)6-4-10-9-8-6/h1-2,4,7H. The zero-order chi connectivity index (χ0) is 6.81. The molecule has 0 saturated heterocycles. The Bertz CT molecular complexity index is 252. The summed E-state index contributed by atoms with van der Waals surface area (Å²) in [6.07, 6.45) is 4.73. The van der Waals surface area contributed by atoms with Crippen LogP contribution < -0.4 is 0 Å². The highest BCUT2D eigenvalue weighted by Crippen LogP contribution is 2.14. The van der Waals surface area contributed by atoms with Crippen LogP contribution in [-0.2, 0) is 0 Å². The summed E-state index contributed by atoms with van der Waals surface area (Å²) in [7, 11) is 0. The molecule has 0 aliphatic heterocycles. The van der Waals surface area contributed by atoms with Gasteiger partial charge in [-0.2, -0.15) is 0 Å². The Morgan fingerprint density at radius 3 is 3.20 bits per heavy atom. The lowest BCUT2D eigenvalue weighted by Crippen LogP contribution is -1.71. The number of aromatic amines is 1. The van der Waals surface area contributed by atoms with E-state index in [-0.39, 0.29) is 0 Å². The second-order valence-electron chi connectivity index (χ2n) is 1.81. The molecule has 49 valence electrons. The monoisotopic (exact) mass is 150 g/mol. The number of hydrogen-bond donors (Lipinski definition) is 1. The molecule has 0 atom stereocenters. The van der Waals surface area contributed by atoms with E-state index < -0.39 is 0 Å². The van der Waals surface area contributed by atoms with Gasteiger partial charge in [0.2, 0.25) is 0 Å². The first-order valence-corrected chi connectivity index (χ1v) is 3.63. The van der Waals surface area contributed by atoms with E-state index in [1.54, 1.807) is 0 Å². The molecule has 2 rings (SSSR count). The fourth-order valence-electron chi connectivity index (χ4n) is 0.717. The Hall–Kier alpha value is -1.16. The van der Waals surface area contributed by atoms with Gasteiger partial charge in [-0.25, -0.2) is 0 Å². The molecule has 0 aliphatic carbocycles. The highest BCUT2D eigenvalue weighted by atomic mass is 32.1. The minimum Gasteiger partial charge on any atom is -0.359 e. The Kier molecular flexibility index (Phi) is 1.25. The highest BCUT2D eigenvalue weighted by molar-refractivity contribution is 7.03. The fraction of sp³-hybridized carbons (Fsp3) is 0. The van der Waals surface area contributed by atoms with E-state index in [2.05, 4.69) is 20.8 Å². The molecule has 10 heavy (non-hydrogen) atoms. The van der Waals surface area contributed by atoms with E-state index >= 15 is 0 Å². The quantitative estimate of drug-likeness (QED) is 0.666. The smallest absolute Gasteiger partial charge is 0.108 e. The summed E-state index contributed by atoms with van der Waals surface area (Å²) in [5.74, 6) is 0. The summed E-state index contributed by atoms with van der Waals surface area (Å²) in [6.45, 7) is 0. The van der Waals surface area contributed by atoms with Gasteiger partial charge in [-0.3, -0.25) is 0 Å².